The lowest BCUT2D eigenvalue weighted by Crippen LogP contribution is -2.00. The summed E-state index contributed by atoms with van der Waals surface area (Å²) in [6.45, 7) is 0. The third-order valence-corrected chi connectivity index (χ3v) is 7.40. The maximum atomic E-state index is 2.42. The van der Waals surface area contributed by atoms with Crippen LogP contribution in [0, 0.1) is 0 Å². The molecule has 0 saturated heterocycles. The first-order valence-corrected chi connectivity index (χ1v) is 11.4. The molecule has 0 spiro atoms. The molecule has 0 amide bonds. The summed E-state index contributed by atoms with van der Waals surface area (Å²) < 4.78 is 0. The molecule has 0 fully saturated rings. The highest BCUT2D eigenvalue weighted by molar-refractivity contribution is 7.12. The number of rotatable bonds is 4. The molecular formula is C28H26S. The first kappa shape index (κ1) is 18.4. The number of benzene rings is 3. The maximum Gasteiger partial charge on any atom is 0.00898 e. The number of hydrogen-bond donors (Lipinski definition) is 0. The van der Waals surface area contributed by atoms with Crippen LogP contribution < -0.4 is 0 Å². The van der Waals surface area contributed by atoms with E-state index in [0.717, 1.165) is 38.5 Å². The van der Waals surface area contributed by atoms with Crippen LogP contribution in [0.25, 0.3) is 0 Å². The number of aryl methyl sites for hydroxylation is 4. The average Bonchev–Trinajstić information content (AvgIpc) is 3.08. The van der Waals surface area contributed by atoms with Crippen LogP contribution in [0.5, 0.6) is 0 Å². The Bertz CT molecular complexity index is 1010. The van der Waals surface area contributed by atoms with E-state index in [1.807, 2.05) is 0 Å². The van der Waals surface area contributed by atoms with Crippen molar-refractivity contribution < 1.29 is 0 Å². The summed E-state index contributed by atoms with van der Waals surface area (Å²) in [7, 11) is 0. The molecule has 1 heteroatoms. The van der Waals surface area contributed by atoms with E-state index in [-0.39, 0.29) is 0 Å². The van der Waals surface area contributed by atoms with Crippen molar-refractivity contribution in [1.82, 2.24) is 0 Å². The van der Waals surface area contributed by atoms with E-state index in [2.05, 4.69) is 96.3 Å². The molecule has 2 heterocycles. The lowest BCUT2D eigenvalue weighted by molar-refractivity contribution is 0.942. The van der Waals surface area contributed by atoms with Gasteiger partial charge >= 0.3 is 0 Å². The number of hydrogen-bond acceptors (Lipinski definition) is 1. The van der Waals surface area contributed by atoms with Crippen LogP contribution in [0.1, 0.15) is 43.1 Å². The van der Waals surface area contributed by atoms with Crippen LogP contribution in [0.4, 0.5) is 0 Å². The standard InChI is InChI=1S/C28H26S/c1-3-8-21(9-4-1)19-25-26(20-22-10-5-2-6-11-22)28-17-15-24-13-7-12-23(18-24)14-16-27(25)29-28/h1-13,18H,14-17,19-20H2. The minimum atomic E-state index is 1.05. The van der Waals surface area contributed by atoms with E-state index in [1.165, 1.54) is 22.3 Å². The van der Waals surface area contributed by atoms with Gasteiger partial charge in [-0.25, -0.2) is 0 Å². The number of fused-ring (bicyclic) bond motifs is 4. The molecule has 1 aliphatic heterocycles. The fourth-order valence-corrected chi connectivity index (χ4v) is 5.82. The van der Waals surface area contributed by atoms with Gasteiger partial charge < -0.3 is 0 Å². The van der Waals surface area contributed by atoms with Gasteiger partial charge in [-0.2, -0.15) is 0 Å². The minimum Gasteiger partial charge on any atom is -0.145 e. The second kappa shape index (κ2) is 8.39. The maximum absolute atomic E-state index is 2.42. The predicted octanol–water partition coefficient (Wildman–Crippen LogP) is 6.81. The second-order valence-corrected chi connectivity index (χ2v) is 9.24. The summed E-state index contributed by atoms with van der Waals surface area (Å²) in [5.41, 5.74) is 8.99. The van der Waals surface area contributed by atoms with Crippen LogP contribution >= 0.6 is 11.3 Å². The number of thiophene rings is 1. The normalized spacial score (nSPS) is 13.2. The first-order valence-electron chi connectivity index (χ1n) is 10.6. The molecule has 0 aliphatic carbocycles. The molecular weight excluding hydrogens is 368 g/mol. The highest BCUT2D eigenvalue weighted by Crippen LogP contribution is 2.35. The summed E-state index contributed by atoms with van der Waals surface area (Å²) in [4.78, 5) is 3.20. The van der Waals surface area contributed by atoms with Crippen LogP contribution in [0.15, 0.2) is 84.9 Å². The molecule has 0 radical (unpaired) electrons. The van der Waals surface area contributed by atoms with Crippen LogP contribution in [0.2, 0.25) is 0 Å². The Labute approximate surface area is 177 Å². The molecule has 29 heavy (non-hydrogen) atoms. The largest absolute Gasteiger partial charge is 0.145 e. The lowest BCUT2D eigenvalue weighted by Gasteiger charge is -2.10. The van der Waals surface area contributed by atoms with E-state index < -0.39 is 0 Å². The molecule has 0 saturated carbocycles. The van der Waals surface area contributed by atoms with Gasteiger partial charge in [0.2, 0.25) is 0 Å². The third-order valence-electron chi connectivity index (χ3n) is 6.00. The molecule has 0 atom stereocenters. The summed E-state index contributed by atoms with van der Waals surface area (Å²) in [6, 6.07) is 31.2. The summed E-state index contributed by atoms with van der Waals surface area (Å²) in [6.07, 6.45) is 6.68. The van der Waals surface area contributed by atoms with E-state index in [4.69, 9.17) is 0 Å². The Morgan fingerprint density at radius 1 is 0.517 bits per heavy atom. The van der Waals surface area contributed by atoms with Gasteiger partial charge in [-0.3, -0.25) is 0 Å². The van der Waals surface area contributed by atoms with Crippen molar-refractivity contribution in [3.05, 3.63) is 128 Å². The summed E-state index contributed by atoms with van der Waals surface area (Å²) >= 11 is 2.08. The van der Waals surface area contributed by atoms with Gasteiger partial charge in [0, 0.05) is 9.75 Å². The van der Waals surface area contributed by atoms with Crippen molar-refractivity contribution in [2.45, 2.75) is 38.5 Å². The van der Waals surface area contributed by atoms with Crippen molar-refractivity contribution in [3.63, 3.8) is 0 Å². The van der Waals surface area contributed by atoms with Gasteiger partial charge in [-0.05, 0) is 71.9 Å². The molecule has 0 nitrogen and oxygen atoms in total. The Morgan fingerprint density at radius 2 is 1.00 bits per heavy atom. The molecule has 5 rings (SSSR count). The van der Waals surface area contributed by atoms with E-state index in [0.29, 0.717) is 0 Å². The molecule has 1 aromatic heterocycles. The zero-order valence-corrected chi connectivity index (χ0v) is 17.6. The average molecular weight is 395 g/mol. The van der Waals surface area contributed by atoms with Crippen LogP contribution in [0.3, 0.4) is 0 Å². The van der Waals surface area contributed by atoms with Crippen molar-refractivity contribution in [1.29, 1.82) is 0 Å². The van der Waals surface area contributed by atoms with Gasteiger partial charge in [-0.1, -0.05) is 84.9 Å². The smallest absolute Gasteiger partial charge is 0.00898 e. The predicted molar refractivity (Wildman–Crippen MR) is 124 cm³/mol. The van der Waals surface area contributed by atoms with Crippen molar-refractivity contribution in [3.8, 4) is 0 Å². The summed E-state index contributed by atoms with van der Waals surface area (Å²) in [5, 5.41) is 0. The van der Waals surface area contributed by atoms with E-state index in [9.17, 15) is 0 Å². The fraction of sp³-hybridized carbons (Fsp3) is 0.214. The topological polar surface area (TPSA) is 0 Å². The van der Waals surface area contributed by atoms with Gasteiger partial charge in [-0.15, -0.1) is 11.3 Å². The molecule has 4 bridgehead atoms. The van der Waals surface area contributed by atoms with Gasteiger partial charge in [0.15, 0.2) is 0 Å². The van der Waals surface area contributed by atoms with Crippen molar-refractivity contribution in [2.24, 2.45) is 0 Å². The second-order valence-electron chi connectivity index (χ2n) is 8.05. The zero-order valence-electron chi connectivity index (χ0n) is 16.7. The molecule has 4 aromatic rings. The summed E-state index contributed by atoms with van der Waals surface area (Å²) in [5.74, 6) is 0. The van der Waals surface area contributed by atoms with E-state index >= 15 is 0 Å². The Morgan fingerprint density at radius 3 is 1.48 bits per heavy atom. The van der Waals surface area contributed by atoms with E-state index in [1.54, 1.807) is 20.9 Å². The highest BCUT2D eigenvalue weighted by Gasteiger charge is 2.20. The Hall–Kier alpha value is -2.64. The molecule has 3 aromatic carbocycles. The highest BCUT2D eigenvalue weighted by atomic mass is 32.1. The minimum absolute atomic E-state index is 1.05. The SMILES string of the molecule is c1ccc(Cc2c3sc(c2Cc2ccccc2)CCc2cccc(c2)CC3)cc1. The van der Waals surface area contributed by atoms with Crippen molar-refractivity contribution >= 4 is 11.3 Å². The molecule has 0 N–H and O–H groups in total. The Balaban J connectivity index is 1.57. The van der Waals surface area contributed by atoms with Crippen LogP contribution in [-0.4, -0.2) is 0 Å². The van der Waals surface area contributed by atoms with Gasteiger partial charge in [0.05, 0.1) is 0 Å². The first-order chi connectivity index (χ1) is 14.3. The van der Waals surface area contributed by atoms with Gasteiger partial charge in [0.25, 0.3) is 0 Å². The van der Waals surface area contributed by atoms with Crippen molar-refractivity contribution in [2.75, 3.05) is 0 Å². The quantitative estimate of drug-likeness (QED) is 0.356. The van der Waals surface area contributed by atoms with Crippen LogP contribution in [-0.2, 0) is 38.5 Å². The third kappa shape index (κ3) is 4.21. The zero-order chi connectivity index (χ0) is 19.5. The fourth-order valence-electron chi connectivity index (χ4n) is 4.48. The molecule has 1 aliphatic rings. The molecule has 0 unspecified atom stereocenters. The van der Waals surface area contributed by atoms with Gasteiger partial charge in [0.1, 0.15) is 0 Å². The molecule has 144 valence electrons. The monoisotopic (exact) mass is 394 g/mol. The lowest BCUT2D eigenvalue weighted by atomic mass is 9.93. The Kier molecular flexibility index (Phi) is 5.32.